The van der Waals surface area contributed by atoms with Crippen LogP contribution in [0.5, 0.6) is 5.75 Å². The molecule has 0 heterocycles. The van der Waals surface area contributed by atoms with Crippen molar-refractivity contribution in [1.82, 2.24) is 10.9 Å². The summed E-state index contributed by atoms with van der Waals surface area (Å²) >= 11 is 1.39. The van der Waals surface area contributed by atoms with Gasteiger partial charge >= 0.3 is 0 Å². The predicted molar refractivity (Wildman–Crippen MR) is 99.3 cm³/mol. The van der Waals surface area contributed by atoms with Crippen LogP contribution in [-0.4, -0.2) is 23.2 Å². The Morgan fingerprint density at radius 3 is 2.15 bits per heavy atom. The molecule has 0 aliphatic rings. The Morgan fingerprint density at radius 1 is 0.962 bits per heavy atom. The summed E-state index contributed by atoms with van der Waals surface area (Å²) in [5.41, 5.74) is 5.88. The first-order valence-corrected chi connectivity index (χ1v) is 8.98. The van der Waals surface area contributed by atoms with Gasteiger partial charge in [0.25, 0.3) is 11.8 Å². The van der Waals surface area contributed by atoms with E-state index in [4.69, 9.17) is 4.74 Å². The standard InChI is InChI=1S/C19H21FN2O3S/c1-12-4-10-17(11-5-12)26-14(3)19(24)22-21-18(23)13(2)25-16-8-6-15(20)7-9-16/h4-11,13-14H,1-3H3,(H,21,23)(H,22,24)/t13-,14-/m0/s1. The summed E-state index contributed by atoms with van der Waals surface area (Å²) in [5.74, 6) is -0.849. The first kappa shape index (κ1) is 19.8. The number of amides is 2. The van der Waals surface area contributed by atoms with Gasteiger partial charge in [0.1, 0.15) is 11.6 Å². The monoisotopic (exact) mass is 376 g/mol. The lowest BCUT2D eigenvalue weighted by Crippen LogP contribution is -2.49. The first-order chi connectivity index (χ1) is 12.3. The second kappa shape index (κ2) is 9.24. The SMILES string of the molecule is Cc1ccc(S[C@@H](C)C(=O)NNC(=O)[C@H](C)Oc2ccc(F)cc2)cc1. The van der Waals surface area contributed by atoms with Gasteiger partial charge in [0, 0.05) is 4.90 Å². The quantitative estimate of drug-likeness (QED) is 0.600. The summed E-state index contributed by atoms with van der Waals surface area (Å²) in [5, 5.41) is -0.383. The highest BCUT2D eigenvalue weighted by molar-refractivity contribution is 8.00. The number of ether oxygens (including phenoxy) is 1. The van der Waals surface area contributed by atoms with E-state index in [1.54, 1.807) is 6.92 Å². The second-order valence-electron chi connectivity index (χ2n) is 5.77. The smallest absolute Gasteiger partial charge is 0.279 e. The zero-order valence-electron chi connectivity index (χ0n) is 14.8. The van der Waals surface area contributed by atoms with E-state index in [2.05, 4.69) is 10.9 Å². The maximum Gasteiger partial charge on any atom is 0.279 e. The number of nitrogens with one attached hydrogen (secondary N) is 2. The minimum absolute atomic E-state index is 0.321. The Balaban J connectivity index is 1.78. The molecule has 2 N–H and O–H groups in total. The molecule has 26 heavy (non-hydrogen) atoms. The van der Waals surface area contributed by atoms with Gasteiger partial charge in [0.2, 0.25) is 0 Å². The number of benzene rings is 2. The summed E-state index contributed by atoms with van der Waals surface area (Å²) in [7, 11) is 0. The van der Waals surface area contributed by atoms with Gasteiger partial charge in [-0.05, 0) is 57.2 Å². The third kappa shape index (κ3) is 6.07. The molecule has 0 bridgehead atoms. The lowest BCUT2D eigenvalue weighted by atomic mass is 10.2. The van der Waals surface area contributed by atoms with Crippen LogP contribution < -0.4 is 15.6 Å². The fourth-order valence-electron chi connectivity index (χ4n) is 1.97. The Kier molecular flexibility index (Phi) is 7.03. The molecule has 2 atom stereocenters. The van der Waals surface area contributed by atoms with E-state index in [-0.39, 0.29) is 17.0 Å². The number of rotatable bonds is 6. The third-order valence-electron chi connectivity index (χ3n) is 3.51. The van der Waals surface area contributed by atoms with E-state index < -0.39 is 12.0 Å². The fraction of sp³-hybridized carbons (Fsp3) is 0.263. The van der Waals surface area contributed by atoms with Crippen molar-refractivity contribution in [2.75, 3.05) is 0 Å². The number of carbonyl (C=O) groups is 2. The van der Waals surface area contributed by atoms with Crippen LogP contribution in [0.3, 0.4) is 0 Å². The number of thioether (sulfide) groups is 1. The van der Waals surface area contributed by atoms with Crippen molar-refractivity contribution in [1.29, 1.82) is 0 Å². The first-order valence-electron chi connectivity index (χ1n) is 8.10. The molecule has 2 amide bonds. The molecule has 0 spiro atoms. The van der Waals surface area contributed by atoms with E-state index >= 15 is 0 Å². The molecule has 0 saturated heterocycles. The van der Waals surface area contributed by atoms with Gasteiger partial charge in [-0.3, -0.25) is 20.4 Å². The van der Waals surface area contributed by atoms with Gasteiger partial charge in [0.05, 0.1) is 5.25 Å². The molecule has 0 radical (unpaired) electrons. The van der Waals surface area contributed by atoms with Crippen LogP contribution in [0.25, 0.3) is 0 Å². The van der Waals surface area contributed by atoms with Crippen molar-refractivity contribution < 1.29 is 18.7 Å². The zero-order valence-corrected chi connectivity index (χ0v) is 15.6. The van der Waals surface area contributed by atoms with Crippen molar-refractivity contribution >= 4 is 23.6 Å². The number of hydrogen-bond donors (Lipinski definition) is 2. The predicted octanol–water partition coefficient (Wildman–Crippen LogP) is 3.23. The van der Waals surface area contributed by atoms with Gasteiger partial charge in [-0.15, -0.1) is 11.8 Å². The lowest BCUT2D eigenvalue weighted by molar-refractivity contribution is -0.132. The molecular weight excluding hydrogens is 355 g/mol. The topological polar surface area (TPSA) is 67.4 Å². The molecule has 2 aromatic carbocycles. The van der Waals surface area contributed by atoms with Crippen molar-refractivity contribution in [2.24, 2.45) is 0 Å². The van der Waals surface area contributed by atoms with Crippen molar-refractivity contribution in [2.45, 2.75) is 37.0 Å². The Hall–Kier alpha value is -2.54. The molecule has 0 unspecified atom stereocenters. The van der Waals surface area contributed by atoms with E-state index in [0.717, 1.165) is 10.5 Å². The number of hydrazine groups is 1. The van der Waals surface area contributed by atoms with Crippen LogP contribution in [0.15, 0.2) is 53.4 Å². The van der Waals surface area contributed by atoms with Crippen LogP contribution in [-0.2, 0) is 9.59 Å². The molecule has 0 aliphatic carbocycles. The van der Waals surface area contributed by atoms with Crippen LogP contribution in [0, 0.1) is 12.7 Å². The average Bonchev–Trinajstić information content (AvgIpc) is 2.63. The summed E-state index contributed by atoms with van der Waals surface area (Å²) in [6.45, 7) is 5.29. The minimum Gasteiger partial charge on any atom is -0.481 e. The van der Waals surface area contributed by atoms with Gasteiger partial charge in [-0.1, -0.05) is 17.7 Å². The molecule has 0 fully saturated rings. The highest BCUT2D eigenvalue weighted by Crippen LogP contribution is 2.23. The maximum atomic E-state index is 12.9. The zero-order chi connectivity index (χ0) is 19.1. The van der Waals surface area contributed by atoms with Gasteiger partial charge in [0.15, 0.2) is 6.10 Å². The molecule has 2 rings (SSSR count). The number of aryl methyl sites for hydroxylation is 1. The number of halogens is 1. The molecule has 0 aliphatic heterocycles. The highest BCUT2D eigenvalue weighted by atomic mass is 32.2. The van der Waals surface area contributed by atoms with Crippen LogP contribution in [0.2, 0.25) is 0 Å². The summed E-state index contributed by atoms with van der Waals surface area (Å²) in [4.78, 5) is 25.1. The van der Waals surface area contributed by atoms with Gasteiger partial charge in [-0.25, -0.2) is 4.39 Å². The van der Waals surface area contributed by atoms with Crippen molar-refractivity contribution in [3.05, 3.63) is 59.9 Å². The Bertz CT molecular complexity index is 685. The molecule has 2 aromatic rings. The average molecular weight is 376 g/mol. The molecule has 5 nitrogen and oxygen atoms in total. The van der Waals surface area contributed by atoms with Gasteiger partial charge in [-0.2, -0.15) is 0 Å². The van der Waals surface area contributed by atoms with E-state index in [9.17, 15) is 14.0 Å². The lowest BCUT2D eigenvalue weighted by Gasteiger charge is -2.17. The maximum absolute atomic E-state index is 12.9. The Morgan fingerprint density at radius 2 is 1.54 bits per heavy atom. The highest BCUT2D eigenvalue weighted by Gasteiger charge is 2.18. The summed E-state index contributed by atoms with van der Waals surface area (Å²) < 4.78 is 18.3. The van der Waals surface area contributed by atoms with Crippen LogP contribution in [0.1, 0.15) is 19.4 Å². The molecule has 0 saturated carbocycles. The van der Waals surface area contributed by atoms with Crippen molar-refractivity contribution in [3.63, 3.8) is 0 Å². The molecule has 138 valence electrons. The summed E-state index contributed by atoms with van der Waals surface area (Å²) in [6, 6.07) is 13.2. The normalized spacial score (nSPS) is 12.8. The van der Waals surface area contributed by atoms with Crippen molar-refractivity contribution in [3.8, 4) is 5.75 Å². The largest absolute Gasteiger partial charge is 0.481 e. The fourth-order valence-corrected chi connectivity index (χ4v) is 2.84. The third-order valence-corrected chi connectivity index (χ3v) is 4.62. The second-order valence-corrected chi connectivity index (χ2v) is 7.18. The summed E-state index contributed by atoms with van der Waals surface area (Å²) in [6.07, 6.45) is -0.846. The molecular formula is C19H21FN2O3S. The molecule has 7 heteroatoms. The van der Waals surface area contributed by atoms with E-state index in [0.29, 0.717) is 5.75 Å². The van der Waals surface area contributed by atoms with E-state index in [1.165, 1.54) is 43.0 Å². The van der Waals surface area contributed by atoms with Crippen LogP contribution >= 0.6 is 11.8 Å². The van der Waals surface area contributed by atoms with Crippen LogP contribution in [0.4, 0.5) is 4.39 Å². The Labute approximate surface area is 156 Å². The molecule has 0 aromatic heterocycles. The minimum atomic E-state index is -0.846. The number of hydrogen-bond acceptors (Lipinski definition) is 4. The number of carbonyl (C=O) groups excluding carboxylic acids is 2. The van der Waals surface area contributed by atoms with Gasteiger partial charge < -0.3 is 4.74 Å². The van der Waals surface area contributed by atoms with E-state index in [1.807, 2.05) is 31.2 Å².